The number of nitrogens with zero attached hydrogens (tertiary/aromatic N) is 1. The number of phenols is 1. The molecule has 0 fully saturated rings. The molecule has 0 bridgehead atoms. The van der Waals surface area contributed by atoms with Crippen LogP contribution in [0.25, 0.3) is 0 Å². The Bertz CT molecular complexity index is 555. The van der Waals surface area contributed by atoms with Gasteiger partial charge in [0, 0.05) is 19.5 Å². The number of amides is 1. The monoisotopic (exact) mass is 293 g/mol. The van der Waals surface area contributed by atoms with Gasteiger partial charge in [0.1, 0.15) is 0 Å². The van der Waals surface area contributed by atoms with E-state index >= 15 is 0 Å². The molecule has 0 atom stereocenters. The van der Waals surface area contributed by atoms with Gasteiger partial charge in [0.25, 0.3) is 0 Å². The molecule has 1 N–H and O–H groups in total. The average Bonchev–Trinajstić information content (AvgIpc) is 2.86. The minimum Gasteiger partial charge on any atom is -0.504 e. The van der Waals surface area contributed by atoms with Crippen molar-refractivity contribution in [2.45, 2.75) is 32.9 Å². The number of phenolic OH excluding ortho intramolecular Hbond substituents is 1. The van der Waals surface area contributed by atoms with Crippen molar-refractivity contribution in [3.63, 3.8) is 0 Å². The van der Waals surface area contributed by atoms with Crippen molar-refractivity contribution in [2.75, 3.05) is 13.7 Å². The fourth-order valence-corrected chi connectivity index (χ4v) is 2.36. The molecular weight excluding hydrogens is 274 g/mol. The molecular formula is C15H19NO5. The Morgan fingerprint density at radius 3 is 2.52 bits per heavy atom. The van der Waals surface area contributed by atoms with Crippen molar-refractivity contribution in [2.24, 2.45) is 0 Å². The van der Waals surface area contributed by atoms with Crippen LogP contribution in [0.5, 0.6) is 11.5 Å². The molecule has 0 aliphatic carbocycles. The van der Waals surface area contributed by atoms with Gasteiger partial charge < -0.3 is 19.5 Å². The normalized spacial score (nSPS) is 13.0. The first kappa shape index (κ1) is 15.2. The van der Waals surface area contributed by atoms with Crippen LogP contribution < -0.4 is 4.74 Å². The van der Waals surface area contributed by atoms with E-state index in [2.05, 4.69) is 0 Å². The lowest BCUT2D eigenvalue weighted by molar-refractivity contribution is -0.145. The maximum Gasteiger partial charge on any atom is 0.306 e. The zero-order valence-electron chi connectivity index (χ0n) is 12.2. The lowest BCUT2D eigenvalue weighted by Gasteiger charge is -2.14. The van der Waals surface area contributed by atoms with E-state index in [9.17, 15) is 14.7 Å². The molecule has 6 nitrogen and oxygen atoms in total. The summed E-state index contributed by atoms with van der Waals surface area (Å²) < 4.78 is 9.86. The minimum absolute atomic E-state index is 0.0667. The molecule has 1 aromatic carbocycles. The second-order valence-electron chi connectivity index (χ2n) is 4.85. The van der Waals surface area contributed by atoms with Crippen molar-refractivity contribution in [3.8, 4) is 11.5 Å². The summed E-state index contributed by atoms with van der Waals surface area (Å²) in [6, 6.07) is 3.36. The maximum atomic E-state index is 12.1. The van der Waals surface area contributed by atoms with Crippen LogP contribution in [0.15, 0.2) is 12.1 Å². The third kappa shape index (κ3) is 3.45. The van der Waals surface area contributed by atoms with Gasteiger partial charge >= 0.3 is 5.97 Å². The van der Waals surface area contributed by atoms with E-state index in [1.54, 1.807) is 24.0 Å². The van der Waals surface area contributed by atoms with Crippen LogP contribution in [0.1, 0.15) is 30.9 Å². The number of benzene rings is 1. The largest absolute Gasteiger partial charge is 0.504 e. The molecule has 114 valence electrons. The van der Waals surface area contributed by atoms with E-state index in [4.69, 9.17) is 9.47 Å². The summed E-state index contributed by atoms with van der Waals surface area (Å²) in [5.41, 5.74) is 1.85. The predicted octanol–water partition coefficient (Wildman–Crippen LogP) is 1.59. The van der Waals surface area contributed by atoms with Crippen LogP contribution in [-0.4, -0.2) is 35.6 Å². The Balaban J connectivity index is 1.96. The highest BCUT2D eigenvalue weighted by molar-refractivity contribution is 5.82. The highest BCUT2D eigenvalue weighted by atomic mass is 16.5. The average molecular weight is 293 g/mol. The molecule has 6 heteroatoms. The first-order chi connectivity index (χ1) is 10.0. The van der Waals surface area contributed by atoms with Gasteiger partial charge in [-0.3, -0.25) is 9.59 Å². The smallest absolute Gasteiger partial charge is 0.306 e. The van der Waals surface area contributed by atoms with Crippen LogP contribution >= 0.6 is 0 Å². The number of fused-ring (bicyclic) bond motifs is 1. The zero-order chi connectivity index (χ0) is 15.4. The summed E-state index contributed by atoms with van der Waals surface area (Å²) in [6.45, 7) is 2.96. The number of hydrogen-bond acceptors (Lipinski definition) is 5. The quantitative estimate of drug-likeness (QED) is 0.834. The third-order valence-corrected chi connectivity index (χ3v) is 3.42. The fraction of sp³-hybridized carbons (Fsp3) is 0.467. The van der Waals surface area contributed by atoms with E-state index in [0.29, 0.717) is 25.4 Å². The summed E-state index contributed by atoms with van der Waals surface area (Å²) in [5.74, 6) is 0.00577. The van der Waals surface area contributed by atoms with Crippen LogP contribution in [0.3, 0.4) is 0 Å². The first-order valence-electron chi connectivity index (χ1n) is 6.87. The topological polar surface area (TPSA) is 76.1 Å². The number of carbonyl (C=O) groups is 2. The molecule has 2 rings (SSSR count). The first-order valence-corrected chi connectivity index (χ1v) is 6.87. The Labute approximate surface area is 123 Å². The van der Waals surface area contributed by atoms with Gasteiger partial charge in [0.05, 0.1) is 20.1 Å². The lowest BCUT2D eigenvalue weighted by Crippen LogP contribution is -2.25. The number of esters is 1. The van der Waals surface area contributed by atoms with E-state index in [-0.39, 0.29) is 30.5 Å². The number of carbonyl (C=O) groups excluding carboxylic acids is 2. The number of methoxy groups -OCH3 is 1. The van der Waals surface area contributed by atoms with E-state index in [0.717, 1.165) is 11.1 Å². The summed E-state index contributed by atoms with van der Waals surface area (Å²) in [4.78, 5) is 25.0. The second-order valence-corrected chi connectivity index (χ2v) is 4.85. The SMILES string of the molecule is CCOC(=O)CCC(=O)N1Cc2cc(O)c(OC)cc2C1. The van der Waals surface area contributed by atoms with Crippen LogP contribution in [0, 0.1) is 0 Å². The molecule has 0 aromatic heterocycles. The molecule has 0 radical (unpaired) electrons. The molecule has 1 aliphatic heterocycles. The Morgan fingerprint density at radius 1 is 1.24 bits per heavy atom. The van der Waals surface area contributed by atoms with Crippen LogP contribution in [0.4, 0.5) is 0 Å². The summed E-state index contributed by atoms with van der Waals surface area (Å²) in [5, 5.41) is 9.75. The molecule has 0 saturated heterocycles. The molecule has 0 spiro atoms. The van der Waals surface area contributed by atoms with Crippen LogP contribution in [0.2, 0.25) is 0 Å². The van der Waals surface area contributed by atoms with Crippen molar-refractivity contribution >= 4 is 11.9 Å². The predicted molar refractivity (Wildman–Crippen MR) is 74.8 cm³/mol. The Morgan fingerprint density at radius 2 is 1.90 bits per heavy atom. The summed E-state index contributed by atoms with van der Waals surface area (Å²) in [6.07, 6.45) is 0.226. The van der Waals surface area contributed by atoms with Gasteiger partial charge in [-0.25, -0.2) is 0 Å². The second kappa shape index (κ2) is 6.47. The molecule has 1 heterocycles. The van der Waals surface area contributed by atoms with Crippen molar-refractivity contribution in [1.29, 1.82) is 0 Å². The van der Waals surface area contributed by atoms with Gasteiger partial charge in [-0.15, -0.1) is 0 Å². The van der Waals surface area contributed by atoms with E-state index in [1.807, 2.05) is 0 Å². The summed E-state index contributed by atoms with van der Waals surface area (Å²) in [7, 11) is 1.48. The van der Waals surface area contributed by atoms with Gasteiger partial charge in [-0.2, -0.15) is 0 Å². The highest BCUT2D eigenvalue weighted by Crippen LogP contribution is 2.34. The zero-order valence-corrected chi connectivity index (χ0v) is 12.2. The maximum absolute atomic E-state index is 12.1. The number of aromatic hydroxyl groups is 1. The highest BCUT2D eigenvalue weighted by Gasteiger charge is 2.25. The molecule has 1 aliphatic rings. The van der Waals surface area contributed by atoms with Gasteiger partial charge in [0.2, 0.25) is 5.91 Å². The summed E-state index contributed by atoms with van der Waals surface area (Å²) >= 11 is 0. The van der Waals surface area contributed by atoms with Crippen molar-refractivity contribution in [3.05, 3.63) is 23.3 Å². The third-order valence-electron chi connectivity index (χ3n) is 3.42. The number of rotatable bonds is 5. The molecule has 1 amide bonds. The van der Waals surface area contributed by atoms with Crippen LogP contribution in [-0.2, 0) is 27.4 Å². The van der Waals surface area contributed by atoms with E-state index < -0.39 is 0 Å². The van der Waals surface area contributed by atoms with Gasteiger partial charge in [0.15, 0.2) is 11.5 Å². The minimum atomic E-state index is -0.359. The lowest BCUT2D eigenvalue weighted by atomic mass is 10.1. The Hall–Kier alpha value is -2.24. The Kier molecular flexibility index (Phi) is 4.67. The van der Waals surface area contributed by atoms with Gasteiger partial charge in [-0.05, 0) is 30.2 Å². The van der Waals surface area contributed by atoms with Crippen molar-refractivity contribution < 1.29 is 24.2 Å². The molecule has 1 aromatic rings. The fourth-order valence-electron chi connectivity index (χ4n) is 2.36. The number of ether oxygens (including phenoxy) is 2. The molecule has 0 saturated carbocycles. The molecule has 21 heavy (non-hydrogen) atoms. The standard InChI is InChI=1S/C15H19NO5/c1-3-21-15(19)5-4-14(18)16-8-10-6-12(17)13(20-2)7-11(10)9-16/h6-7,17H,3-5,8-9H2,1-2H3. The van der Waals surface area contributed by atoms with Crippen molar-refractivity contribution in [1.82, 2.24) is 4.90 Å². The number of hydrogen-bond donors (Lipinski definition) is 1. The van der Waals surface area contributed by atoms with Gasteiger partial charge in [-0.1, -0.05) is 0 Å². The van der Waals surface area contributed by atoms with E-state index in [1.165, 1.54) is 7.11 Å². The molecule has 0 unspecified atom stereocenters.